The van der Waals surface area contributed by atoms with Gasteiger partial charge in [-0.1, -0.05) is 356 Å². The number of hydrogen-bond acceptors (Lipinski definition) is 3. The van der Waals surface area contributed by atoms with Gasteiger partial charge in [0.1, 0.15) is 0 Å². The van der Waals surface area contributed by atoms with Crippen molar-refractivity contribution >= 4 is 28.5 Å². The summed E-state index contributed by atoms with van der Waals surface area (Å²) in [5, 5.41) is 15.5. The summed E-state index contributed by atoms with van der Waals surface area (Å²) in [6, 6.07) is 46.6. The van der Waals surface area contributed by atoms with Crippen molar-refractivity contribution in [2.45, 2.75) is 316 Å². The first-order valence-corrected chi connectivity index (χ1v) is 40.5. The number of hydrogen-bond donors (Lipinski definition) is 4. The van der Waals surface area contributed by atoms with Gasteiger partial charge in [0.15, 0.2) is 5.60 Å². The lowest BCUT2D eigenvalue weighted by Crippen LogP contribution is -2.30. The van der Waals surface area contributed by atoms with Crippen molar-refractivity contribution in [3.63, 3.8) is 0 Å². The predicted molar refractivity (Wildman–Crippen MR) is 421 cm³/mol. The van der Waals surface area contributed by atoms with E-state index < -0.39 is 5.60 Å². The molecule has 4 aromatic carbocycles. The number of carbonyl (C=O) groups excluding carboxylic acids is 2. The fraction of sp³-hybridized carbons (Fsp3) is 0.533. The predicted octanol–water partition coefficient (Wildman–Crippen LogP) is 24.0. The number of nitrogens with zero attached hydrogens (tertiary/aromatic N) is 1. The van der Waals surface area contributed by atoms with E-state index in [4.69, 9.17) is 0 Å². The van der Waals surface area contributed by atoms with E-state index in [2.05, 4.69) is 151 Å². The molecule has 4 N–H and O–H groups in total. The summed E-state index contributed by atoms with van der Waals surface area (Å²) >= 11 is 0. The molecule has 4 heterocycles. The minimum atomic E-state index is -1.70. The Labute approximate surface area is 599 Å². The van der Waals surface area contributed by atoms with Crippen LogP contribution in [0.5, 0.6) is 0 Å². The number of aromatic nitrogens is 3. The van der Waals surface area contributed by atoms with Crippen LogP contribution >= 0.6 is 0 Å². The molecule has 1 amide bonds. The number of amides is 1. The summed E-state index contributed by atoms with van der Waals surface area (Å²) in [5.41, 5.74) is 11.6. The van der Waals surface area contributed by atoms with E-state index in [0.29, 0.717) is 33.9 Å². The Morgan fingerprint density at radius 1 is 0.323 bits per heavy atom. The molecule has 1 aliphatic heterocycles. The van der Waals surface area contributed by atoms with Gasteiger partial charge < -0.3 is 20.1 Å². The molecule has 1 aliphatic rings. The second-order valence-electron chi connectivity index (χ2n) is 29.3. The number of nitrogens with one attached hydrogen (secondary N) is 3. The molecule has 0 fully saturated rings. The van der Waals surface area contributed by atoms with Crippen LogP contribution in [0.1, 0.15) is 357 Å². The summed E-state index contributed by atoms with van der Waals surface area (Å²) in [7, 11) is 0. The Kier molecular flexibility index (Phi) is 35.5. The molecule has 1 unspecified atom stereocenters. The fourth-order valence-corrected chi connectivity index (χ4v) is 14.8. The first-order chi connectivity index (χ1) is 48.7. The molecule has 0 aliphatic carbocycles. The number of carbonyl (C=O) groups is 2. The minimum Gasteiger partial charge on any atom is -0.373 e. The van der Waals surface area contributed by atoms with Crippen LogP contribution in [0, 0.1) is 0 Å². The van der Waals surface area contributed by atoms with Crippen LogP contribution in [0.3, 0.4) is 0 Å². The van der Waals surface area contributed by atoms with Gasteiger partial charge in [-0.15, -0.1) is 0 Å². The molecule has 7 aromatic rings. The van der Waals surface area contributed by atoms with E-state index in [-0.39, 0.29) is 11.7 Å². The molecule has 0 bridgehead atoms. The summed E-state index contributed by atoms with van der Waals surface area (Å²) in [6.07, 6.45) is 59.8. The standard InChI is InChI=1S/C92H128N4O3/c1-5-9-13-17-21-25-29-33-37-41-45-73-49-57-77(58-50-73)89(81-65-66-82(93-81)90(84-69-72-88(97)96-84)78-59-51-74(52-60-78)46-42-38-34-30-26-22-18-14-10-6-2)83-67-70-86(94-83)92(99,80-63-55-76(56-64-80)48-44-40-36-32-28-24-20-16-12-8-4)87-71-68-85(95-87)91(98)79-61-53-75(54-62-79)47-43-39-35-31-27-23-19-15-11-7-3/h49-72,93-95,99H,5-48H2,1-4H3/b89-81-,90-82+. The zero-order valence-corrected chi connectivity index (χ0v) is 62.2. The average Bonchev–Trinajstić information content (AvgIpc) is 1.65. The Morgan fingerprint density at radius 2 is 0.626 bits per heavy atom. The maximum Gasteiger partial charge on any atom is 0.270 e. The van der Waals surface area contributed by atoms with Crippen molar-refractivity contribution in [2.75, 3.05) is 0 Å². The van der Waals surface area contributed by atoms with E-state index in [0.717, 1.165) is 77.2 Å². The quantitative estimate of drug-likeness (QED) is 0.0225. The van der Waals surface area contributed by atoms with Gasteiger partial charge in [-0.05, 0) is 133 Å². The number of aromatic amines is 3. The summed E-state index contributed by atoms with van der Waals surface area (Å²) in [6.45, 7) is 9.13. The molecule has 534 valence electrons. The monoisotopic (exact) mass is 1340 g/mol. The van der Waals surface area contributed by atoms with E-state index in [1.807, 2.05) is 36.4 Å². The van der Waals surface area contributed by atoms with Gasteiger partial charge in [0.2, 0.25) is 5.78 Å². The van der Waals surface area contributed by atoms with Crippen molar-refractivity contribution in [1.82, 2.24) is 15.0 Å². The van der Waals surface area contributed by atoms with Crippen molar-refractivity contribution in [2.24, 2.45) is 4.99 Å². The highest BCUT2D eigenvalue weighted by atomic mass is 16.3. The molecule has 0 saturated carbocycles. The topological polar surface area (TPSA) is 114 Å². The van der Waals surface area contributed by atoms with Gasteiger partial charge in [-0.25, -0.2) is 4.99 Å². The number of benzene rings is 4. The van der Waals surface area contributed by atoms with Gasteiger partial charge in [-0.3, -0.25) is 9.59 Å². The Bertz CT molecular complexity index is 3570. The van der Waals surface area contributed by atoms with Crippen LogP contribution in [-0.2, 0) is 36.1 Å². The molecule has 7 nitrogen and oxygen atoms in total. The number of ketones is 1. The van der Waals surface area contributed by atoms with Crippen LogP contribution in [0.15, 0.2) is 151 Å². The van der Waals surface area contributed by atoms with Crippen molar-refractivity contribution in [3.8, 4) is 0 Å². The maximum atomic E-state index is 14.5. The third-order valence-electron chi connectivity index (χ3n) is 21.1. The molecule has 0 saturated heterocycles. The molecule has 99 heavy (non-hydrogen) atoms. The van der Waals surface area contributed by atoms with E-state index in [9.17, 15) is 14.7 Å². The van der Waals surface area contributed by atoms with Gasteiger partial charge >= 0.3 is 0 Å². The third kappa shape index (κ3) is 25.9. The number of aliphatic imine (C=N–C) groups is 1. The lowest BCUT2D eigenvalue weighted by atomic mass is 9.86. The van der Waals surface area contributed by atoms with Crippen molar-refractivity contribution < 1.29 is 14.7 Å². The molecule has 1 atom stereocenters. The van der Waals surface area contributed by atoms with Crippen molar-refractivity contribution in [1.29, 1.82) is 0 Å². The third-order valence-corrected chi connectivity index (χ3v) is 21.1. The molecule has 8 rings (SSSR count). The highest BCUT2D eigenvalue weighted by Crippen LogP contribution is 2.38. The van der Waals surface area contributed by atoms with E-state index in [1.54, 1.807) is 6.08 Å². The van der Waals surface area contributed by atoms with Crippen LogP contribution in [0.25, 0.3) is 11.1 Å². The lowest BCUT2D eigenvalue weighted by Gasteiger charge is -2.27. The summed E-state index contributed by atoms with van der Waals surface area (Å²) in [5.74, 6) is -0.364. The van der Waals surface area contributed by atoms with Crippen molar-refractivity contribution in [3.05, 3.63) is 224 Å². The second-order valence-corrected chi connectivity index (χ2v) is 29.3. The van der Waals surface area contributed by atoms with Gasteiger partial charge in [0, 0.05) is 39.2 Å². The van der Waals surface area contributed by atoms with Gasteiger partial charge in [0.05, 0.1) is 22.8 Å². The van der Waals surface area contributed by atoms with Gasteiger partial charge in [-0.2, -0.15) is 0 Å². The first-order valence-electron chi connectivity index (χ1n) is 40.5. The Balaban J connectivity index is 1.08. The van der Waals surface area contributed by atoms with Crippen LogP contribution in [0.2, 0.25) is 0 Å². The number of unbranched alkanes of at least 4 members (excludes halogenated alkanes) is 36. The van der Waals surface area contributed by atoms with Crippen LogP contribution in [-0.4, -0.2) is 37.5 Å². The minimum absolute atomic E-state index is 0.109. The van der Waals surface area contributed by atoms with Gasteiger partial charge in [0.25, 0.3) is 5.91 Å². The molecule has 3 aromatic heterocycles. The zero-order valence-electron chi connectivity index (χ0n) is 62.2. The van der Waals surface area contributed by atoms with E-state index in [1.165, 1.54) is 266 Å². The highest BCUT2D eigenvalue weighted by Gasteiger charge is 2.38. The first kappa shape index (κ1) is 77.9. The molecule has 7 heteroatoms. The maximum absolute atomic E-state index is 14.5. The zero-order chi connectivity index (χ0) is 69.4. The van der Waals surface area contributed by atoms with Crippen LogP contribution in [0.4, 0.5) is 0 Å². The normalized spacial score (nSPS) is 13.5. The molecule has 0 spiro atoms. The molecule has 0 radical (unpaired) electrons. The fourth-order valence-electron chi connectivity index (χ4n) is 14.8. The number of aryl methyl sites for hydroxylation is 4. The molecular formula is C92H128N4O3. The number of allylic oxidation sites excluding steroid dienone is 1. The second kappa shape index (κ2) is 45.1. The number of H-pyrrole nitrogens is 3. The number of rotatable bonds is 53. The Morgan fingerprint density at radius 3 is 0.980 bits per heavy atom. The SMILES string of the molecule is CCCCCCCCCCCCc1ccc(C(=O)c2ccc(C(O)(c3ccc(CCCCCCCCCCCC)cc3)c3ccc(/C(c4ccc(CCCCCCCCCCCC)cc4)=c4/cc/c(=C(\C5=NC(=O)C=C5)c5ccc(CCCCCCCCCCCC)cc5)[nH]4)[nH]3)[nH]2)cc1. The lowest BCUT2D eigenvalue weighted by molar-refractivity contribution is -0.113. The Hall–Kier alpha value is -6.83. The summed E-state index contributed by atoms with van der Waals surface area (Å²) < 4.78 is 0. The largest absolute Gasteiger partial charge is 0.373 e. The van der Waals surface area contributed by atoms with Crippen LogP contribution < -0.4 is 10.7 Å². The van der Waals surface area contributed by atoms with E-state index >= 15 is 0 Å². The highest BCUT2D eigenvalue weighted by molar-refractivity contribution is 6.34. The number of aliphatic hydroxyl groups is 1. The molecular weight excluding hydrogens is 1210 g/mol. The average molecular weight is 1340 g/mol. The summed E-state index contributed by atoms with van der Waals surface area (Å²) in [4.78, 5) is 43.1. The smallest absolute Gasteiger partial charge is 0.270 e.